The molecule has 1 aliphatic rings. The van der Waals surface area contributed by atoms with Crippen molar-refractivity contribution in [1.82, 2.24) is 4.90 Å². The molecule has 2 atom stereocenters. The van der Waals surface area contributed by atoms with E-state index in [1.54, 1.807) is 0 Å². The highest BCUT2D eigenvalue weighted by atomic mass is 16.5. The maximum Gasteiger partial charge on any atom is 0.325 e. The Labute approximate surface area is 107 Å². The number of aliphatic hydroxyl groups excluding tert-OH is 1. The smallest absolute Gasteiger partial charge is 0.325 e. The van der Waals surface area contributed by atoms with Crippen molar-refractivity contribution in [2.24, 2.45) is 0 Å². The lowest BCUT2D eigenvalue weighted by Gasteiger charge is -2.23. The fraction of sp³-hybridized carbons (Fsp3) is 0.500. The van der Waals surface area contributed by atoms with Crippen LogP contribution in [0.2, 0.25) is 0 Å². The first-order chi connectivity index (χ1) is 8.54. The van der Waals surface area contributed by atoms with Gasteiger partial charge in [-0.15, -0.1) is 0 Å². The Morgan fingerprint density at radius 2 is 2.11 bits per heavy atom. The van der Waals surface area contributed by atoms with Gasteiger partial charge in [0.15, 0.2) is 0 Å². The summed E-state index contributed by atoms with van der Waals surface area (Å²) in [5, 5.41) is 9.22. The molecule has 2 rings (SSSR count). The molecule has 4 heteroatoms. The van der Waals surface area contributed by atoms with Crippen molar-refractivity contribution in [3.63, 3.8) is 0 Å². The van der Waals surface area contributed by atoms with Crippen LogP contribution in [-0.2, 0) is 16.1 Å². The first kappa shape index (κ1) is 13.1. The zero-order valence-electron chi connectivity index (χ0n) is 10.8. The highest BCUT2D eigenvalue weighted by Gasteiger charge is 2.49. The van der Waals surface area contributed by atoms with Crippen molar-refractivity contribution in [3.05, 3.63) is 35.9 Å². The summed E-state index contributed by atoms with van der Waals surface area (Å²) in [6.07, 6.45) is 0. The largest absolute Gasteiger partial charge is 0.460 e. The molecule has 1 aromatic carbocycles. The second-order valence-electron chi connectivity index (χ2n) is 5.23. The minimum absolute atomic E-state index is 0.0372. The minimum Gasteiger partial charge on any atom is -0.460 e. The third-order valence-electron chi connectivity index (χ3n) is 3.27. The molecule has 1 aliphatic heterocycles. The molecule has 98 valence electrons. The van der Waals surface area contributed by atoms with E-state index in [2.05, 4.69) is 0 Å². The highest BCUT2D eigenvalue weighted by molar-refractivity contribution is 5.79. The zero-order valence-corrected chi connectivity index (χ0v) is 10.8. The van der Waals surface area contributed by atoms with Crippen LogP contribution in [0.25, 0.3) is 0 Å². The highest BCUT2D eigenvalue weighted by Crippen LogP contribution is 2.29. The van der Waals surface area contributed by atoms with E-state index in [0.29, 0.717) is 13.2 Å². The van der Waals surface area contributed by atoms with Gasteiger partial charge in [-0.05, 0) is 19.4 Å². The summed E-state index contributed by atoms with van der Waals surface area (Å²) in [4.78, 5) is 13.8. The van der Waals surface area contributed by atoms with E-state index in [0.717, 1.165) is 5.56 Å². The summed E-state index contributed by atoms with van der Waals surface area (Å²) in [5.41, 5.74) is 0.635. The van der Waals surface area contributed by atoms with E-state index in [9.17, 15) is 9.90 Å². The first-order valence-corrected chi connectivity index (χ1v) is 6.13. The van der Waals surface area contributed by atoms with Crippen molar-refractivity contribution in [2.75, 3.05) is 13.2 Å². The number of benzene rings is 1. The van der Waals surface area contributed by atoms with Crippen molar-refractivity contribution in [2.45, 2.75) is 32.0 Å². The van der Waals surface area contributed by atoms with Crippen LogP contribution in [0.5, 0.6) is 0 Å². The van der Waals surface area contributed by atoms with E-state index in [-0.39, 0.29) is 24.2 Å². The number of carbonyl (C=O) groups is 1. The summed E-state index contributed by atoms with van der Waals surface area (Å²) in [7, 11) is 0. The van der Waals surface area contributed by atoms with Crippen LogP contribution in [0.3, 0.4) is 0 Å². The van der Waals surface area contributed by atoms with Crippen molar-refractivity contribution in [1.29, 1.82) is 0 Å². The van der Waals surface area contributed by atoms with Gasteiger partial charge in [0.05, 0.1) is 6.61 Å². The first-order valence-electron chi connectivity index (χ1n) is 6.13. The number of esters is 1. The predicted molar refractivity (Wildman–Crippen MR) is 67.9 cm³/mol. The number of carbonyl (C=O) groups excluding carboxylic acids is 1. The summed E-state index contributed by atoms with van der Waals surface area (Å²) in [5.74, 6) is -0.208. The van der Waals surface area contributed by atoms with Gasteiger partial charge >= 0.3 is 5.97 Å². The third kappa shape index (κ3) is 2.89. The molecule has 0 saturated carbocycles. The molecule has 4 nitrogen and oxygen atoms in total. The summed E-state index contributed by atoms with van der Waals surface area (Å²) in [6.45, 7) is 4.84. The normalized spacial score (nSPS) is 22.6. The number of nitrogens with zero attached hydrogens (tertiary/aromatic N) is 1. The number of hydrogen-bond donors (Lipinski definition) is 1. The summed E-state index contributed by atoms with van der Waals surface area (Å²) < 4.78 is 5.26. The van der Waals surface area contributed by atoms with Crippen molar-refractivity contribution < 1.29 is 14.6 Å². The molecule has 1 saturated heterocycles. The average Bonchev–Trinajstić information content (AvgIpc) is 3.18. The molecule has 0 radical (unpaired) electrons. The lowest BCUT2D eigenvalue weighted by atomic mass is 10.1. The number of rotatable bonds is 5. The van der Waals surface area contributed by atoms with Crippen LogP contribution in [0, 0.1) is 0 Å². The molecule has 0 aliphatic carbocycles. The van der Waals surface area contributed by atoms with Crippen LogP contribution in [0.1, 0.15) is 19.4 Å². The van der Waals surface area contributed by atoms with Crippen LogP contribution in [-0.4, -0.2) is 40.7 Å². The minimum atomic E-state index is -0.351. The lowest BCUT2D eigenvalue weighted by molar-refractivity contribution is -0.145. The molecule has 1 fully saturated rings. The molecule has 0 amide bonds. The Bertz CT molecular complexity index is 416. The molecule has 18 heavy (non-hydrogen) atoms. The second kappa shape index (κ2) is 5.08. The van der Waals surface area contributed by atoms with Crippen LogP contribution >= 0.6 is 0 Å². The average molecular weight is 249 g/mol. The molecule has 2 unspecified atom stereocenters. The third-order valence-corrected chi connectivity index (χ3v) is 3.27. The van der Waals surface area contributed by atoms with Crippen LogP contribution in [0.15, 0.2) is 30.3 Å². The molecule has 1 N–H and O–H groups in total. The summed E-state index contributed by atoms with van der Waals surface area (Å²) >= 11 is 0. The van der Waals surface area contributed by atoms with E-state index in [1.165, 1.54) is 0 Å². The van der Waals surface area contributed by atoms with Gasteiger partial charge in [-0.1, -0.05) is 30.3 Å². The maximum absolute atomic E-state index is 11.8. The van der Waals surface area contributed by atoms with Gasteiger partial charge in [-0.2, -0.15) is 0 Å². The maximum atomic E-state index is 11.8. The van der Waals surface area contributed by atoms with Gasteiger partial charge in [-0.3, -0.25) is 9.69 Å². The van der Waals surface area contributed by atoms with E-state index >= 15 is 0 Å². The fourth-order valence-corrected chi connectivity index (χ4v) is 1.93. The van der Waals surface area contributed by atoms with Gasteiger partial charge in [-0.25, -0.2) is 0 Å². The Morgan fingerprint density at radius 3 is 2.72 bits per heavy atom. The SMILES string of the molecule is CC(C)(CO)N1CC1C(=O)OCc1ccccc1. The Kier molecular flexibility index (Phi) is 3.68. The molecule has 1 heterocycles. The molecular weight excluding hydrogens is 230 g/mol. The summed E-state index contributed by atoms with van der Waals surface area (Å²) in [6, 6.07) is 9.42. The fourth-order valence-electron chi connectivity index (χ4n) is 1.93. The van der Waals surface area contributed by atoms with Gasteiger partial charge in [0.2, 0.25) is 0 Å². The molecular formula is C14H19NO3. The Balaban J connectivity index is 1.81. The van der Waals surface area contributed by atoms with Crippen molar-refractivity contribution >= 4 is 5.97 Å². The van der Waals surface area contributed by atoms with Crippen molar-refractivity contribution in [3.8, 4) is 0 Å². The quantitative estimate of drug-likeness (QED) is 0.629. The molecule has 1 aromatic rings. The molecule has 0 spiro atoms. The zero-order chi connectivity index (χ0) is 13.2. The van der Waals surface area contributed by atoms with Crippen LogP contribution < -0.4 is 0 Å². The molecule has 0 aromatic heterocycles. The van der Waals surface area contributed by atoms with Gasteiger partial charge in [0, 0.05) is 12.1 Å². The van der Waals surface area contributed by atoms with Gasteiger partial charge in [0.1, 0.15) is 12.6 Å². The predicted octanol–water partition coefficient (Wildman–Crippen LogP) is 1.18. The standard InChI is InChI=1S/C14H19NO3/c1-14(2,10-16)15-8-12(15)13(17)18-9-11-6-4-3-5-7-11/h3-7,12,16H,8-10H2,1-2H3. The number of hydrogen-bond acceptors (Lipinski definition) is 4. The van der Waals surface area contributed by atoms with Crippen LogP contribution in [0.4, 0.5) is 0 Å². The van der Waals surface area contributed by atoms with E-state index in [1.807, 2.05) is 49.1 Å². The number of aliphatic hydroxyl groups is 1. The number of ether oxygens (including phenoxy) is 1. The lowest BCUT2D eigenvalue weighted by Crippen LogP contribution is -2.37. The Hall–Kier alpha value is -1.39. The van der Waals surface area contributed by atoms with E-state index < -0.39 is 0 Å². The second-order valence-corrected chi connectivity index (χ2v) is 5.23. The van der Waals surface area contributed by atoms with Gasteiger partial charge < -0.3 is 9.84 Å². The topological polar surface area (TPSA) is 49.5 Å². The van der Waals surface area contributed by atoms with Gasteiger partial charge in [0.25, 0.3) is 0 Å². The Morgan fingerprint density at radius 1 is 1.44 bits per heavy atom. The molecule has 0 bridgehead atoms. The van der Waals surface area contributed by atoms with E-state index in [4.69, 9.17) is 4.74 Å². The monoisotopic (exact) mass is 249 g/mol.